The van der Waals surface area contributed by atoms with Gasteiger partial charge in [-0.3, -0.25) is 9.59 Å². The Kier molecular flexibility index (Phi) is 4.11. The van der Waals surface area contributed by atoms with Gasteiger partial charge in [-0.05, 0) is 31.9 Å². The molecule has 0 bridgehead atoms. The average Bonchev–Trinajstić information content (AvgIpc) is 2.43. The number of nitrogens with zero attached hydrogens (tertiary/aromatic N) is 1. The smallest absolute Gasteiger partial charge is 0.308 e. The van der Waals surface area contributed by atoms with Crippen LogP contribution in [-0.4, -0.2) is 39.6 Å². The van der Waals surface area contributed by atoms with E-state index in [4.69, 9.17) is 10.2 Å². The molecule has 21 heavy (non-hydrogen) atoms. The van der Waals surface area contributed by atoms with E-state index in [2.05, 4.69) is 0 Å². The number of carboxylic acid groups (broad SMARTS) is 1. The SMILES string of the molecule is CC1CCC(C(=O)O)CN1C(=O)c1cc(F)c(O)c(F)c1. The van der Waals surface area contributed by atoms with Crippen LogP contribution in [0.5, 0.6) is 5.75 Å². The summed E-state index contributed by atoms with van der Waals surface area (Å²) in [5, 5.41) is 18.1. The topological polar surface area (TPSA) is 77.8 Å². The highest BCUT2D eigenvalue weighted by molar-refractivity contribution is 5.95. The van der Waals surface area contributed by atoms with E-state index in [1.165, 1.54) is 4.90 Å². The van der Waals surface area contributed by atoms with Gasteiger partial charge >= 0.3 is 5.97 Å². The fraction of sp³-hybridized carbons (Fsp3) is 0.429. The number of carbonyl (C=O) groups is 2. The molecule has 1 aromatic carbocycles. The molecule has 1 amide bonds. The number of hydrogen-bond donors (Lipinski definition) is 2. The number of aliphatic carboxylic acids is 1. The van der Waals surface area contributed by atoms with E-state index in [9.17, 15) is 18.4 Å². The number of carbonyl (C=O) groups excluding carboxylic acids is 1. The number of rotatable bonds is 2. The summed E-state index contributed by atoms with van der Waals surface area (Å²) in [6.07, 6.45) is 0.963. The van der Waals surface area contributed by atoms with Crippen LogP contribution in [0.1, 0.15) is 30.1 Å². The lowest BCUT2D eigenvalue weighted by atomic mass is 9.93. The fourth-order valence-electron chi connectivity index (χ4n) is 2.45. The van der Waals surface area contributed by atoms with E-state index in [1.807, 2.05) is 0 Å². The van der Waals surface area contributed by atoms with Crippen molar-refractivity contribution in [2.45, 2.75) is 25.8 Å². The summed E-state index contributed by atoms with van der Waals surface area (Å²) in [6.45, 7) is 1.75. The average molecular weight is 299 g/mol. The Balaban J connectivity index is 2.27. The Morgan fingerprint density at radius 3 is 2.33 bits per heavy atom. The maximum atomic E-state index is 13.3. The van der Waals surface area contributed by atoms with Crippen molar-refractivity contribution in [1.29, 1.82) is 0 Å². The van der Waals surface area contributed by atoms with E-state index in [-0.39, 0.29) is 18.2 Å². The fourth-order valence-corrected chi connectivity index (χ4v) is 2.45. The second-order valence-corrected chi connectivity index (χ2v) is 5.21. The van der Waals surface area contributed by atoms with Crippen LogP contribution in [0.25, 0.3) is 0 Å². The molecule has 0 aromatic heterocycles. The molecule has 114 valence electrons. The number of phenols is 1. The highest BCUT2D eigenvalue weighted by Crippen LogP contribution is 2.26. The van der Waals surface area contributed by atoms with Crippen LogP contribution in [0.2, 0.25) is 0 Å². The number of amides is 1. The number of aromatic hydroxyl groups is 1. The molecule has 0 saturated carbocycles. The minimum absolute atomic E-state index is 0.000548. The predicted octanol–water partition coefficient (Wildman–Crippen LogP) is 2.00. The molecule has 1 aliphatic rings. The van der Waals surface area contributed by atoms with Crippen molar-refractivity contribution in [2.75, 3.05) is 6.54 Å². The van der Waals surface area contributed by atoms with Crippen LogP contribution in [0.4, 0.5) is 8.78 Å². The van der Waals surface area contributed by atoms with Crippen molar-refractivity contribution < 1.29 is 28.6 Å². The highest BCUT2D eigenvalue weighted by Gasteiger charge is 2.33. The highest BCUT2D eigenvalue weighted by atomic mass is 19.1. The molecule has 5 nitrogen and oxygen atoms in total. The first kappa shape index (κ1) is 15.2. The first-order valence-electron chi connectivity index (χ1n) is 6.53. The summed E-state index contributed by atoms with van der Waals surface area (Å²) in [5.74, 6) is -5.91. The maximum Gasteiger partial charge on any atom is 0.308 e. The summed E-state index contributed by atoms with van der Waals surface area (Å²) in [6, 6.07) is 1.28. The van der Waals surface area contributed by atoms with E-state index in [0.717, 1.165) is 12.1 Å². The zero-order valence-corrected chi connectivity index (χ0v) is 11.3. The normalized spacial score (nSPS) is 22.1. The van der Waals surface area contributed by atoms with Gasteiger partial charge in [0.1, 0.15) is 0 Å². The van der Waals surface area contributed by atoms with Crippen molar-refractivity contribution in [3.63, 3.8) is 0 Å². The van der Waals surface area contributed by atoms with E-state index in [0.29, 0.717) is 12.8 Å². The van der Waals surface area contributed by atoms with Crippen molar-refractivity contribution in [3.8, 4) is 5.75 Å². The summed E-state index contributed by atoms with van der Waals surface area (Å²) in [4.78, 5) is 24.6. The minimum atomic E-state index is -1.22. The first-order valence-corrected chi connectivity index (χ1v) is 6.53. The Morgan fingerprint density at radius 1 is 1.24 bits per heavy atom. The van der Waals surface area contributed by atoms with Crippen LogP contribution >= 0.6 is 0 Å². The second-order valence-electron chi connectivity index (χ2n) is 5.21. The van der Waals surface area contributed by atoms with Gasteiger partial charge in [0.05, 0.1) is 5.92 Å². The number of hydrogen-bond acceptors (Lipinski definition) is 3. The van der Waals surface area contributed by atoms with Gasteiger partial charge in [-0.25, -0.2) is 8.78 Å². The molecular weight excluding hydrogens is 284 g/mol. The molecule has 2 atom stereocenters. The van der Waals surface area contributed by atoms with Crippen molar-refractivity contribution >= 4 is 11.9 Å². The van der Waals surface area contributed by atoms with Gasteiger partial charge in [0.25, 0.3) is 5.91 Å². The zero-order valence-electron chi connectivity index (χ0n) is 11.3. The van der Waals surface area contributed by atoms with Gasteiger partial charge in [-0.15, -0.1) is 0 Å². The quantitative estimate of drug-likeness (QED) is 0.875. The third kappa shape index (κ3) is 2.96. The third-order valence-electron chi connectivity index (χ3n) is 3.76. The summed E-state index contributed by atoms with van der Waals surface area (Å²) in [7, 11) is 0. The third-order valence-corrected chi connectivity index (χ3v) is 3.76. The summed E-state index contributed by atoms with van der Waals surface area (Å²) >= 11 is 0. The lowest BCUT2D eigenvalue weighted by Gasteiger charge is -2.36. The maximum absolute atomic E-state index is 13.3. The van der Waals surface area contributed by atoms with Crippen molar-refractivity contribution in [1.82, 2.24) is 4.90 Å². The number of benzene rings is 1. The van der Waals surface area contributed by atoms with Gasteiger partial charge in [0.2, 0.25) is 0 Å². The number of halogens is 2. The van der Waals surface area contributed by atoms with Crippen LogP contribution in [0.3, 0.4) is 0 Å². The first-order chi connectivity index (χ1) is 9.81. The molecule has 2 unspecified atom stereocenters. The number of carboxylic acids is 1. The van der Waals surface area contributed by atoms with Crippen molar-refractivity contribution in [3.05, 3.63) is 29.3 Å². The van der Waals surface area contributed by atoms with Crippen LogP contribution in [-0.2, 0) is 4.79 Å². The molecule has 0 aliphatic carbocycles. The van der Waals surface area contributed by atoms with Gasteiger partial charge < -0.3 is 15.1 Å². The second kappa shape index (κ2) is 5.67. The standard InChI is InChI=1S/C14H15F2NO4/c1-7-2-3-8(14(20)21)6-17(7)13(19)9-4-10(15)12(18)11(16)5-9/h4-5,7-8,18H,2-3,6H2,1H3,(H,20,21). The van der Waals surface area contributed by atoms with Crippen LogP contribution in [0.15, 0.2) is 12.1 Å². The molecule has 1 aromatic rings. The molecule has 2 N–H and O–H groups in total. The molecule has 7 heteroatoms. The number of likely N-dealkylation sites (tertiary alicyclic amines) is 1. The van der Waals surface area contributed by atoms with Crippen LogP contribution < -0.4 is 0 Å². The van der Waals surface area contributed by atoms with Gasteiger partial charge in [0, 0.05) is 18.2 Å². The Bertz CT molecular complexity index is 567. The van der Waals surface area contributed by atoms with Gasteiger partial charge in [0.15, 0.2) is 17.4 Å². The van der Waals surface area contributed by atoms with E-state index in [1.54, 1.807) is 6.92 Å². The molecule has 0 spiro atoms. The molecular formula is C14H15F2NO4. The monoisotopic (exact) mass is 299 g/mol. The van der Waals surface area contributed by atoms with Crippen molar-refractivity contribution in [2.24, 2.45) is 5.92 Å². The van der Waals surface area contributed by atoms with Crippen LogP contribution in [0, 0.1) is 17.6 Å². The molecule has 1 fully saturated rings. The molecule has 1 saturated heterocycles. The Labute approximate surface area is 119 Å². The van der Waals surface area contributed by atoms with E-state index < -0.39 is 35.2 Å². The molecule has 1 aliphatic heterocycles. The lowest BCUT2D eigenvalue weighted by molar-refractivity contribution is -0.143. The number of phenolic OH excluding ortho intramolecular Hbond substituents is 1. The zero-order chi connectivity index (χ0) is 15.7. The summed E-state index contributed by atoms with van der Waals surface area (Å²) in [5.41, 5.74) is -0.249. The van der Waals surface area contributed by atoms with Gasteiger partial charge in [-0.1, -0.05) is 0 Å². The Morgan fingerprint density at radius 2 is 1.81 bits per heavy atom. The number of piperidine rings is 1. The lowest BCUT2D eigenvalue weighted by Crippen LogP contribution is -2.47. The van der Waals surface area contributed by atoms with E-state index >= 15 is 0 Å². The molecule has 1 heterocycles. The molecule has 2 rings (SSSR count). The largest absolute Gasteiger partial charge is 0.503 e. The summed E-state index contributed by atoms with van der Waals surface area (Å²) < 4.78 is 26.6. The predicted molar refractivity (Wildman–Crippen MR) is 68.9 cm³/mol. The van der Waals surface area contributed by atoms with Gasteiger partial charge in [-0.2, -0.15) is 0 Å². The Hall–Kier alpha value is -2.18. The minimum Gasteiger partial charge on any atom is -0.503 e. The molecule has 0 radical (unpaired) electrons.